The van der Waals surface area contributed by atoms with E-state index in [2.05, 4.69) is 51.1 Å². The van der Waals surface area contributed by atoms with Crippen molar-refractivity contribution in [2.75, 3.05) is 13.2 Å². The SMILES string of the molecule is CCCCCCCCCCCCOCCCCCCCCCCCC.CCCCCCCCCCCCc1ccccc1.O=S(=O)(O)O.O=S(=O)([O-])[O-].[Na+].[Na+]. The molecule has 318 valence electrons. The zero-order valence-corrected chi connectivity index (χ0v) is 41.9. The molecule has 0 fully saturated rings. The second kappa shape index (κ2) is 52.9. The molecule has 1 aromatic rings. The second-order valence-electron chi connectivity index (χ2n) is 14.2. The van der Waals surface area contributed by atoms with Gasteiger partial charge in [-0.2, -0.15) is 8.42 Å². The summed E-state index contributed by atoms with van der Waals surface area (Å²) in [7, 11) is -9.83. The predicted molar refractivity (Wildman–Crippen MR) is 221 cm³/mol. The first-order valence-electron chi connectivity index (χ1n) is 21.3. The van der Waals surface area contributed by atoms with E-state index in [-0.39, 0.29) is 59.1 Å². The fourth-order valence-electron chi connectivity index (χ4n) is 5.95. The van der Waals surface area contributed by atoms with Crippen LogP contribution in [0.1, 0.15) is 219 Å². The average Bonchev–Trinajstić information content (AvgIpc) is 3.09. The van der Waals surface area contributed by atoms with E-state index in [9.17, 15) is 0 Å². The molecule has 55 heavy (non-hydrogen) atoms. The Labute approximate surface area is 385 Å². The molecule has 1 rings (SSSR count). The summed E-state index contributed by atoms with van der Waals surface area (Å²) in [5.41, 5.74) is 1.50. The molecule has 0 unspecified atom stereocenters. The van der Waals surface area contributed by atoms with E-state index < -0.39 is 20.8 Å². The number of hydrogen-bond acceptors (Lipinski definition) is 7. The topological polar surface area (TPSA) is 164 Å². The van der Waals surface area contributed by atoms with Crippen molar-refractivity contribution in [1.29, 1.82) is 0 Å². The normalized spacial score (nSPS) is 10.7. The van der Waals surface area contributed by atoms with Gasteiger partial charge in [0.25, 0.3) is 0 Å². The van der Waals surface area contributed by atoms with Crippen LogP contribution in [0.5, 0.6) is 0 Å². The fraction of sp³-hybridized carbons (Fsp3) is 0.857. The average molecular weight is 841 g/mol. The largest absolute Gasteiger partial charge is 1.00 e. The van der Waals surface area contributed by atoms with Gasteiger partial charge in [-0.25, -0.2) is 0 Å². The molecule has 0 bridgehead atoms. The third kappa shape index (κ3) is 83.5. The molecule has 0 saturated heterocycles. The maximum Gasteiger partial charge on any atom is 1.00 e. The van der Waals surface area contributed by atoms with Crippen molar-refractivity contribution in [3.63, 3.8) is 0 Å². The van der Waals surface area contributed by atoms with Gasteiger partial charge in [0.05, 0.1) is 0 Å². The summed E-state index contributed by atoms with van der Waals surface area (Å²) in [4.78, 5) is 0. The molecule has 0 atom stereocenters. The number of rotatable bonds is 33. The van der Waals surface area contributed by atoms with Gasteiger partial charge < -0.3 is 13.8 Å². The van der Waals surface area contributed by atoms with E-state index in [4.69, 9.17) is 39.8 Å². The smallest absolute Gasteiger partial charge is 0.759 e. The Morgan fingerprint density at radius 1 is 0.436 bits per heavy atom. The number of unbranched alkanes of at least 4 members (excludes halogenated alkanes) is 27. The molecule has 0 radical (unpaired) electrons. The first-order chi connectivity index (χ1) is 25.3. The summed E-state index contributed by atoms with van der Waals surface area (Å²) in [5, 5.41) is 0. The summed E-state index contributed by atoms with van der Waals surface area (Å²) in [6, 6.07) is 10.9. The third-order valence-electron chi connectivity index (χ3n) is 8.95. The molecule has 0 aliphatic carbocycles. The monoisotopic (exact) mass is 841 g/mol. The number of ether oxygens (including phenoxy) is 1. The minimum Gasteiger partial charge on any atom is -0.759 e. The summed E-state index contributed by atoms with van der Waals surface area (Å²) < 4.78 is 71.4. The molecule has 0 aliphatic rings. The van der Waals surface area contributed by atoms with E-state index in [1.807, 2.05) is 0 Å². The molecular formula is C42H82Na2O9S2. The molecule has 1 aromatic carbocycles. The van der Waals surface area contributed by atoms with Gasteiger partial charge >= 0.3 is 69.5 Å². The Morgan fingerprint density at radius 3 is 0.909 bits per heavy atom. The molecule has 0 aliphatic heterocycles. The van der Waals surface area contributed by atoms with Crippen molar-refractivity contribution in [3.05, 3.63) is 35.9 Å². The molecule has 0 amide bonds. The van der Waals surface area contributed by atoms with E-state index >= 15 is 0 Å². The van der Waals surface area contributed by atoms with E-state index in [0.717, 1.165) is 13.2 Å². The molecule has 0 aromatic heterocycles. The van der Waals surface area contributed by atoms with Crippen molar-refractivity contribution in [2.24, 2.45) is 0 Å². The maximum absolute atomic E-state index is 8.74. The van der Waals surface area contributed by atoms with E-state index in [1.165, 1.54) is 205 Å². The van der Waals surface area contributed by atoms with Gasteiger partial charge in [0.1, 0.15) is 0 Å². The van der Waals surface area contributed by atoms with Crippen LogP contribution in [0.3, 0.4) is 0 Å². The summed E-state index contributed by atoms with van der Waals surface area (Å²) in [6.45, 7) is 8.85. The van der Waals surface area contributed by atoms with Crippen molar-refractivity contribution in [1.82, 2.24) is 0 Å². The van der Waals surface area contributed by atoms with Crippen molar-refractivity contribution in [3.8, 4) is 0 Å². The number of aryl methyl sites for hydroxylation is 1. The second-order valence-corrected chi connectivity index (χ2v) is 16.0. The molecule has 0 heterocycles. The van der Waals surface area contributed by atoms with Gasteiger partial charge in [-0.3, -0.25) is 17.5 Å². The Kier molecular flexibility index (Phi) is 62.6. The zero-order valence-electron chi connectivity index (χ0n) is 36.3. The number of hydrogen-bond donors (Lipinski definition) is 2. The first-order valence-corrected chi connectivity index (χ1v) is 24.1. The van der Waals surface area contributed by atoms with Gasteiger partial charge in [-0.1, -0.05) is 224 Å². The molecule has 0 saturated carbocycles. The summed E-state index contributed by atoms with van der Waals surface area (Å²) in [6.07, 6.45) is 43.7. The van der Waals surface area contributed by atoms with Crippen LogP contribution in [0, 0.1) is 0 Å². The van der Waals surface area contributed by atoms with E-state index in [1.54, 1.807) is 0 Å². The molecule has 9 nitrogen and oxygen atoms in total. The Hall–Kier alpha value is 0.920. The molecule has 13 heteroatoms. The standard InChI is InChI=1S/C24H50O.C18H30.2Na.2H2O4S/c1-3-5-7-9-11-13-15-17-19-21-23-25-24-22-20-18-16-14-12-10-8-6-4-2;1-2-3-4-5-6-7-8-9-10-12-15-18-16-13-11-14-17-18;;;2*1-5(2,3)4/h3-24H2,1-2H3;11,13-14,16-17H,2-10,12,15H2,1H3;;;2*(H2,1,2,3,4)/q;;2*+1;;/p-2. The van der Waals surface area contributed by atoms with Crippen molar-refractivity contribution in [2.45, 2.75) is 220 Å². The van der Waals surface area contributed by atoms with Gasteiger partial charge in [0, 0.05) is 23.6 Å². The summed E-state index contributed by atoms with van der Waals surface area (Å²) in [5.74, 6) is 0. The molecular weight excluding hydrogens is 759 g/mol. The van der Waals surface area contributed by atoms with Gasteiger partial charge in [-0.15, -0.1) is 0 Å². The molecule has 2 N–H and O–H groups in total. The Morgan fingerprint density at radius 2 is 0.655 bits per heavy atom. The zero-order chi connectivity index (χ0) is 40.2. The van der Waals surface area contributed by atoms with Gasteiger partial charge in [-0.05, 0) is 31.2 Å². The van der Waals surface area contributed by atoms with Crippen LogP contribution in [0.2, 0.25) is 0 Å². The maximum atomic E-state index is 8.74. The predicted octanol–water partition coefficient (Wildman–Crippen LogP) is 7.01. The first kappa shape index (κ1) is 65.1. The summed E-state index contributed by atoms with van der Waals surface area (Å²) >= 11 is 0. The van der Waals surface area contributed by atoms with Crippen LogP contribution in [0.15, 0.2) is 30.3 Å². The van der Waals surface area contributed by atoms with Crippen LogP contribution < -0.4 is 59.1 Å². The Balaban J connectivity index is -0.000000241. The van der Waals surface area contributed by atoms with Gasteiger partial charge in [0.15, 0.2) is 0 Å². The van der Waals surface area contributed by atoms with Crippen molar-refractivity contribution >= 4 is 20.8 Å². The van der Waals surface area contributed by atoms with Gasteiger partial charge in [0.2, 0.25) is 0 Å². The van der Waals surface area contributed by atoms with Crippen molar-refractivity contribution < 1.29 is 98.9 Å². The van der Waals surface area contributed by atoms with Crippen LogP contribution in [0.25, 0.3) is 0 Å². The third-order valence-corrected chi connectivity index (χ3v) is 8.95. The number of benzene rings is 1. The molecule has 0 spiro atoms. The van der Waals surface area contributed by atoms with Crippen LogP contribution in [-0.2, 0) is 32.0 Å². The Bertz CT molecular complexity index is 965. The fourth-order valence-corrected chi connectivity index (χ4v) is 5.95. The quantitative estimate of drug-likeness (QED) is 0.0328. The van der Waals surface area contributed by atoms with Crippen LogP contribution >= 0.6 is 0 Å². The van der Waals surface area contributed by atoms with Crippen LogP contribution in [0.4, 0.5) is 0 Å². The van der Waals surface area contributed by atoms with Crippen LogP contribution in [-0.4, -0.2) is 48.3 Å². The minimum atomic E-state index is -5.17. The van der Waals surface area contributed by atoms with E-state index in [0.29, 0.717) is 0 Å². The minimum absolute atomic E-state index is 0.